The van der Waals surface area contributed by atoms with Crippen molar-refractivity contribution in [1.82, 2.24) is 4.98 Å². The number of benzene rings is 1. The third kappa shape index (κ3) is 3.95. The van der Waals surface area contributed by atoms with Crippen molar-refractivity contribution in [3.05, 3.63) is 46.6 Å². The van der Waals surface area contributed by atoms with Crippen LogP contribution in [0.3, 0.4) is 0 Å². The van der Waals surface area contributed by atoms with E-state index in [9.17, 15) is 9.90 Å². The Labute approximate surface area is 136 Å². The second-order valence-electron chi connectivity index (χ2n) is 6.59. The number of esters is 1. The molecular formula is C19H21NO3. The number of hydrogen-bond donors (Lipinski definition) is 2. The van der Waals surface area contributed by atoms with Gasteiger partial charge in [0.2, 0.25) is 5.88 Å². The summed E-state index contributed by atoms with van der Waals surface area (Å²) in [6, 6.07) is 5.99. The molecule has 0 radical (unpaired) electrons. The lowest BCUT2D eigenvalue weighted by atomic mass is 9.97. The summed E-state index contributed by atoms with van der Waals surface area (Å²) < 4.78 is 5.17. The van der Waals surface area contributed by atoms with E-state index in [0.29, 0.717) is 5.56 Å². The molecule has 2 aromatic rings. The van der Waals surface area contributed by atoms with Crippen molar-refractivity contribution in [3.63, 3.8) is 0 Å². The van der Waals surface area contributed by atoms with Gasteiger partial charge in [0.1, 0.15) is 0 Å². The van der Waals surface area contributed by atoms with E-state index in [0.717, 1.165) is 11.1 Å². The van der Waals surface area contributed by atoms with Gasteiger partial charge in [-0.1, -0.05) is 29.5 Å². The maximum Gasteiger partial charge on any atom is 0.318 e. The van der Waals surface area contributed by atoms with Gasteiger partial charge in [-0.05, 0) is 46.2 Å². The third-order valence-corrected chi connectivity index (χ3v) is 3.34. The molecule has 0 saturated heterocycles. The first-order valence-corrected chi connectivity index (χ1v) is 7.40. The van der Waals surface area contributed by atoms with Gasteiger partial charge >= 0.3 is 5.97 Å². The van der Waals surface area contributed by atoms with Gasteiger partial charge in [0.25, 0.3) is 0 Å². The second kappa shape index (κ2) is 6.21. The summed E-state index contributed by atoms with van der Waals surface area (Å²) in [4.78, 5) is 14.6. The highest BCUT2D eigenvalue weighted by Crippen LogP contribution is 2.30. The molecule has 4 heteroatoms. The molecule has 0 aliphatic carbocycles. The number of nitrogens with one attached hydrogen (secondary N) is 1. The zero-order valence-corrected chi connectivity index (χ0v) is 14.1. The highest BCUT2D eigenvalue weighted by atomic mass is 16.5. The molecule has 4 nitrogen and oxygen atoms in total. The van der Waals surface area contributed by atoms with Crippen molar-refractivity contribution in [1.29, 1.82) is 0 Å². The number of rotatable bonds is 1. The Bertz CT molecular complexity index is 798. The summed E-state index contributed by atoms with van der Waals surface area (Å²) in [5.41, 5.74) is 2.88. The highest BCUT2D eigenvalue weighted by molar-refractivity contribution is 5.78. The summed E-state index contributed by atoms with van der Waals surface area (Å²) in [5.74, 6) is 5.37. The van der Waals surface area contributed by atoms with Crippen LogP contribution in [0.15, 0.2) is 24.4 Å². The molecule has 0 unspecified atom stereocenters. The van der Waals surface area contributed by atoms with Crippen LogP contribution in [0.5, 0.6) is 11.6 Å². The molecule has 23 heavy (non-hydrogen) atoms. The number of aryl methyl sites for hydroxylation is 2. The number of ether oxygens (including phenoxy) is 1. The molecule has 1 aromatic heterocycles. The molecule has 0 aliphatic rings. The Morgan fingerprint density at radius 3 is 2.43 bits per heavy atom. The van der Waals surface area contributed by atoms with Crippen molar-refractivity contribution in [3.8, 4) is 23.5 Å². The van der Waals surface area contributed by atoms with Gasteiger partial charge in [-0.2, -0.15) is 0 Å². The third-order valence-electron chi connectivity index (χ3n) is 3.34. The van der Waals surface area contributed by atoms with Crippen LogP contribution in [-0.2, 0) is 4.79 Å². The Kier molecular flexibility index (Phi) is 4.51. The maximum absolute atomic E-state index is 11.9. The first-order chi connectivity index (χ1) is 10.7. The van der Waals surface area contributed by atoms with Crippen LogP contribution in [0.25, 0.3) is 0 Å². The maximum atomic E-state index is 11.9. The highest BCUT2D eigenvalue weighted by Gasteiger charge is 2.25. The van der Waals surface area contributed by atoms with Crippen molar-refractivity contribution >= 4 is 5.97 Å². The van der Waals surface area contributed by atoms with Gasteiger partial charge in [0.15, 0.2) is 5.75 Å². The Morgan fingerprint density at radius 1 is 1.17 bits per heavy atom. The van der Waals surface area contributed by atoms with Crippen molar-refractivity contribution in [2.75, 3.05) is 0 Å². The van der Waals surface area contributed by atoms with E-state index in [1.54, 1.807) is 20.8 Å². The molecule has 2 N–H and O–H groups in total. The molecule has 0 atom stereocenters. The molecular weight excluding hydrogens is 290 g/mol. The molecule has 0 saturated carbocycles. The number of hydrogen-bond acceptors (Lipinski definition) is 3. The fourth-order valence-electron chi connectivity index (χ4n) is 1.90. The minimum atomic E-state index is -0.650. The van der Waals surface area contributed by atoms with Gasteiger partial charge in [-0.15, -0.1) is 0 Å². The van der Waals surface area contributed by atoms with Gasteiger partial charge in [0, 0.05) is 11.8 Å². The van der Waals surface area contributed by atoms with Crippen molar-refractivity contribution in [2.24, 2.45) is 5.41 Å². The number of aromatic nitrogens is 1. The van der Waals surface area contributed by atoms with Crippen molar-refractivity contribution < 1.29 is 14.6 Å². The Morgan fingerprint density at radius 2 is 1.83 bits per heavy atom. The SMILES string of the molecule is Cc1ccc(C#Cc2c[nH]c(OC(=O)C(C)(C)C)c2O)c(C)c1. The van der Waals surface area contributed by atoms with E-state index in [-0.39, 0.29) is 11.6 Å². The lowest BCUT2D eigenvalue weighted by Crippen LogP contribution is -2.25. The molecule has 1 aromatic carbocycles. The molecule has 0 aliphatic heterocycles. The van der Waals surface area contributed by atoms with Crippen LogP contribution in [0.4, 0.5) is 0 Å². The fourth-order valence-corrected chi connectivity index (χ4v) is 1.90. The second-order valence-corrected chi connectivity index (χ2v) is 6.59. The normalized spacial score (nSPS) is 10.8. The largest absolute Gasteiger partial charge is 0.502 e. The van der Waals surface area contributed by atoms with Crippen LogP contribution >= 0.6 is 0 Å². The predicted molar refractivity (Wildman–Crippen MR) is 89.4 cm³/mol. The first-order valence-electron chi connectivity index (χ1n) is 7.40. The molecule has 1 heterocycles. The topological polar surface area (TPSA) is 62.3 Å². The van der Waals surface area contributed by atoms with E-state index in [1.807, 2.05) is 26.0 Å². The predicted octanol–water partition coefficient (Wildman–Crippen LogP) is 3.69. The lowest BCUT2D eigenvalue weighted by Gasteiger charge is -2.15. The van der Waals surface area contributed by atoms with Gasteiger partial charge in [-0.25, -0.2) is 0 Å². The summed E-state index contributed by atoms with van der Waals surface area (Å²) in [5, 5.41) is 10.1. The minimum Gasteiger partial charge on any atom is -0.502 e. The smallest absolute Gasteiger partial charge is 0.318 e. The number of H-pyrrole nitrogens is 1. The summed E-state index contributed by atoms with van der Waals surface area (Å²) in [7, 11) is 0. The van der Waals surface area contributed by atoms with E-state index in [4.69, 9.17) is 4.74 Å². The summed E-state index contributed by atoms with van der Waals surface area (Å²) >= 11 is 0. The van der Waals surface area contributed by atoms with E-state index < -0.39 is 11.4 Å². The van der Waals surface area contributed by atoms with E-state index >= 15 is 0 Å². The minimum absolute atomic E-state index is 0.0230. The summed E-state index contributed by atoms with van der Waals surface area (Å²) in [6.07, 6.45) is 1.52. The number of carbonyl (C=O) groups excluding carboxylic acids is 1. The van der Waals surface area contributed by atoms with Gasteiger partial charge < -0.3 is 14.8 Å². The average molecular weight is 311 g/mol. The Balaban J connectivity index is 2.24. The number of aromatic amines is 1. The standard InChI is InChI=1S/C19H21NO3/c1-12-6-7-14(13(2)10-12)8-9-15-11-20-17(16(15)21)23-18(22)19(3,4)5/h6-7,10-11,20-21H,1-5H3. The summed E-state index contributed by atoms with van der Waals surface area (Å²) in [6.45, 7) is 9.26. The molecule has 0 spiro atoms. The molecule has 2 rings (SSSR count). The number of carbonyl (C=O) groups is 1. The van der Waals surface area contributed by atoms with Crippen molar-refractivity contribution in [2.45, 2.75) is 34.6 Å². The lowest BCUT2D eigenvalue weighted by molar-refractivity contribution is -0.143. The Hall–Kier alpha value is -2.67. The van der Waals surface area contributed by atoms with Crippen LogP contribution in [0.2, 0.25) is 0 Å². The zero-order chi connectivity index (χ0) is 17.2. The average Bonchev–Trinajstić information content (AvgIpc) is 2.78. The molecule has 120 valence electrons. The molecule has 0 amide bonds. The van der Waals surface area contributed by atoms with Crippen LogP contribution in [0.1, 0.15) is 43.0 Å². The zero-order valence-electron chi connectivity index (χ0n) is 14.1. The van der Waals surface area contributed by atoms with Crippen LogP contribution in [0, 0.1) is 31.1 Å². The molecule has 0 fully saturated rings. The van der Waals surface area contributed by atoms with Crippen LogP contribution in [-0.4, -0.2) is 16.1 Å². The monoisotopic (exact) mass is 311 g/mol. The van der Waals surface area contributed by atoms with Gasteiger partial charge in [-0.3, -0.25) is 4.79 Å². The van der Waals surface area contributed by atoms with Crippen LogP contribution < -0.4 is 4.74 Å². The van der Waals surface area contributed by atoms with E-state index in [2.05, 4.69) is 22.9 Å². The number of aromatic hydroxyl groups is 1. The van der Waals surface area contributed by atoms with Gasteiger partial charge in [0.05, 0.1) is 11.0 Å². The van der Waals surface area contributed by atoms with E-state index in [1.165, 1.54) is 11.8 Å². The first kappa shape index (κ1) is 16.7. The quantitative estimate of drug-likeness (QED) is 0.623. The fraction of sp³-hybridized carbons (Fsp3) is 0.316. The molecule has 0 bridgehead atoms.